The molecule has 1 aromatic heterocycles. The van der Waals surface area contributed by atoms with Crippen molar-refractivity contribution in [3.8, 4) is 11.4 Å². The second-order valence-electron chi connectivity index (χ2n) is 5.16. The number of nitrogens with zero attached hydrogens (tertiary/aromatic N) is 4. The highest BCUT2D eigenvalue weighted by atomic mass is 16.5. The number of ether oxygens (including phenoxy) is 1. The summed E-state index contributed by atoms with van der Waals surface area (Å²) in [4.78, 5) is 12.1. The number of hydrogen-bond donors (Lipinski definition) is 2. The zero-order chi connectivity index (χ0) is 15.4. The van der Waals surface area contributed by atoms with Crippen molar-refractivity contribution in [2.45, 2.75) is 12.5 Å². The van der Waals surface area contributed by atoms with Crippen LogP contribution in [-0.4, -0.2) is 51.9 Å². The molecule has 0 saturated carbocycles. The fourth-order valence-corrected chi connectivity index (χ4v) is 2.38. The van der Waals surface area contributed by atoms with Crippen LogP contribution < -0.4 is 10.6 Å². The van der Waals surface area contributed by atoms with E-state index in [0.29, 0.717) is 31.1 Å². The van der Waals surface area contributed by atoms with Crippen LogP contribution in [-0.2, 0) is 16.6 Å². The molecule has 1 atom stereocenters. The highest BCUT2D eigenvalue weighted by molar-refractivity contribution is 5.91. The Balaban J connectivity index is 1.65. The lowest BCUT2D eigenvalue weighted by Gasteiger charge is -2.23. The molecule has 8 nitrogen and oxygen atoms in total. The van der Waals surface area contributed by atoms with Gasteiger partial charge in [0.05, 0.1) is 19.1 Å². The Morgan fingerprint density at radius 1 is 1.55 bits per heavy atom. The summed E-state index contributed by atoms with van der Waals surface area (Å²) < 4.78 is 7.12. The summed E-state index contributed by atoms with van der Waals surface area (Å²) in [5.74, 6) is 0.581. The third-order valence-corrected chi connectivity index (χ3v) is 3.44. The Labute approximate surface area is 127 Å². The number of amides is 1. The lowest BCUT2D eigenvalue weighted by molar-refractivity contribution is -0.119. The number of benzene rings is 1. The van der Waals surface area contributed by atoms with Crippen molar-refractivity contribution in [2.24, 2.45) is 7.05 Å². The minimum Gasteiger partial charge on any atom is -0.375 e. The summed E-state index contributed by atoms with van der Waals surface area (Å²) in [6.45, 7) is 2.19. The van der Waals surface area contributed by atoms with Gasteiger partial charge in [0.25, 0.3) is 0 Å². The maximum absolute atomic E-state index is 12.1. The summed E-state index contributed by atoms with van der Waals surface area (Å²) in [7, 11) is 1.77. The van der Waals surface area contributed by atoms with Crippen molar-refractivity contribution in [3.05, 3.63) is 24.3 Å². The minimum absolute atomic E-state index is 0.0676. The van der Waals surface area contributed by atoms with E-state index < -0.39 is 0 Å². The molecule has 1 aromatic carbocycles. The van der Waals surface area contributed by atoms with E-state index in [1.165, 1.54) is 0 Å². The van der Waals surface area contributed by atoms with Gasteiger partial charge in [0.15, 0.2) is 5.82 Å². The molecule has 22 heavy (non-hydrogen) atoms. The zero-order valence-electron chi connectivity index (χ0n) is 12.3. The first-order chi connectivity index (χ1) is 10.7. The van der Waals surface area contributed by atoms with Crippen LogP contribution in [0, 0.1) is 0 Å². The van der Waals surface area contributed by atoms with E-state index in [1.54, 1.807) is 11.7 Å². The third-order valence-electron chi connectivity index (χ3n) is 3.44. The Morgan fingerprint density at radius 2 is 2.45 bits per heavy atom. The Kier molecular flexibility index (Phi) is 4.40. The van der Waals surface area contributed by atoms with Gasteiger partial charge < -0.3 is 15.4 Å². The van der Waals surface area contributed by atoms with Crippen molar-refractivity contribution < 1.29 is 9.53 Å². The van der Waals surface area contributed by atoms with Crippen molar-refractivity contribution in [1.29, 1.82) is 0 Å². The molecule has 0 aliphatic carbocycles. The number of aryl methyl sites for hydroxylation is 1. The van der Waals surface area contributed by atoms with Gasteiger partial charge in [-0.3, -0.25) is 4.79 Å². The average molecular weight is 302 g/mol. The van der Waals surface area contributed by atoms with Crippen LogP contribution in [0.5, 0.6) is 0 Å². The van der Waals surface area contributed by atoms with E-state index in [9.17, 15) is 4.79 Å². The Hall–Kier alpha value is -2.32. The molecule has 2 N–H and O–H groups in total. The number of carbonyl (C=O) groups is 1. The molecule has 2 aromatic rings. The quantitative estimate of drug-likeness (QED) is 0.837. The predicted molar refractivity (Wildman–Crippen MR) is 80.1 cm³/mol. The molecule has 0 bridgehead atoms. The molecule has 1 aliphatic rings. The lowest BCUT2D eigenvalue weighted by atomic mass is 10.1. The smallest absolute Gasteiger partial charge is 0.227 e. The molecule has 1 unspecified atom stereocenters. The van der Waals surface area contributed by atoms with Crippen LogP contribution in [0.25, 0.3) is 11.4 Å². The average Bonchev–Trinajstić information content (AvgIpc) is 2.94. The number of nitrogens with one attached hydrogen (secondary N) is 2. The van der Waals surface area contributed by atoms with Crippen LogP contribution >= 0.6 is 0 Å². The third kappa shape index (κ3) is 3.46. The number of aromatic nitrogens is 4. The van der Waals surface area contributed by atoms with E-state index in [-0.39, 0.29) is 12.0 Å². The number of carbonyl (C=O) groups excluding carboxylic acids is 1. The summed E-state index contributed by atoms with van der Waals surface area (Å²) in [5.41, 5.74) is 1.56. The summed E-state index contributed by atoms with van der Waals surface area (Å²) >= 11 is 0. The number of tetrazole rings is 1. The molecule has 0 spiro atoms. The van der Waals surface area contributed by atoms with Gasteiger partial charge in [0, 0.05) is 31.4 Å². The molecular weight excluding hydrogens is 284 g/mol. The van der Waals surface area contributed by atoms with Crippen molar-refractivity contribution in [3.63, 3.8) is 0 Å². The molecule has 8 heteroatoms. The molecule has 1 fully saturated rings. The predicted octanol–water partition coefficient (Wildman–Crippen LogP) is 0.194. The Bertz CT molecular complexity index is 650. The van der Waals surface area contributed by atoms with E-state index in [2.05, 4.69) is 26.2 Å². The van der Waals surface area contributed by atoms with Crippen LogP contribution in [0.4, 0.5) is 5.69 Å². The highest BCUT2D eigenvalue weighted by Crippen LogP contribution is 2.19. The largest absolute Gasteiger partial charge is 0.375 e. The number of morpholine rings is 1. The molecular formula is C14H18N6O2. The molecule has 1 saturated heterocycles. The monoisotopic (exact) mass is 302 g/mol. The fraction of sp³-hybridized carbons (Fsp3) is 0.429. The van der Waals surface area contributed by atoms with Gasteiger partial charge >= 0.3 is 0 Å². The summed E-state index contributed by atoms with van der Waals surface area (Å²) in [6, 6.07) is 7.45. The molecule has 1 amide bonds. The summed E-state index contributed by atoms with van der Waals surface area (Å²) in [6.07, 6.45) is 0.266. The molecule has 116 valence electrons. The second kappa shape index (κ2) is 6.63. The van der Waals surface area contributed by atoms with Crippen molar-refractivity contribution >= 4 is 11.6 Å². The van der Waals surface area contributed by atoms with Crippen LogP contribution in [0.1, 0.15) is 6.42 Å². The topological polar surface area (TPSA) is 94.0 Å². The number of rotatable bonds is 4. The normalized spacial score (nSPS) is 18.1. The van der Waals surface area contributed by atoms with Gasteiger partial charge in [0.1, 0.15) is 0 Å². The molecule has 3 rings (SSSR count). The summed E-state index contributed by atoms with van der Waals surface area (Å²) in [5, 5.41) is 17.5. The van der Waals surface area contributed by atoms with Gasteiger partial charge in [-0.15, -0.1) is 5.10 Å². The Morgan fingerprint density at radius 3 is 3.18 bits per heavy atom. The van der Waals surface area contributed by atoms with Gasteiger partial charge in [-0.2, -0.15) is 0 Å². The van der Waals surface area contributed by atoms with Gasteiger partial charge in [-0.1, -0.05) is 12.1 Å². The fourth-order valence-electron chi connectivity index (χ4n) is 2.38. The van der Waals surface area contributed by atoms with Gasteiger partial charge in [-0.25, -0.2) is 4.68 Å². The van der Waals surface area contributed by atoms with E-state index in [4.69, 9.17) is 4.74 Å². The lowest BCUT2D eigenvalue weighted by Crippen LogP contribution is -2.40. The van der Waals surface area contributed by atoms with Crippen molar-refractivity contribution in [2.75, 3.05) is 25.0 Å². The standard InChI is InChI=1S/C14H18N6O2/c1-20-14(17-18-19-20)10-3-2-4-11(7-10)16-13(21)8-12-9-15-5-6-22-12/h2-4,7,12,15H,5-6,8-9H2,1H3,(H,16,21). The number of anilines is 1. The SMILES string of the molecule is Cn1nnnc1-c1cccc(NC(=O)CC2CNCCO2)c1. The zero-order valence-corrected chi connectivity index (χ0v) is 12.3. The van der Waals surface area contributed by atoms with Crippen LogP contribution in [0.3, 0.4) is 0 Å². The second-order valence-corrected chi connectivity index (χ2v) is 5.16. The van der Waals surface area contributed by atoms with Crippen LogP contribution in [0.2, 0.25) is 0 Å². The number of hydrogen-bond acceptors (Lipinski definition) is 6. The molecule has 2 heterocycles. The first-order valence-corrected chi connectivity index (χ1v) is 7.17. The molecule has 0 radical (unpaired) electrons. The van der Waals surface area contributed by atoms with E-state index in [1.807, 2.05) is 24.3 Å². The van der Waals surface area contributed by atoms with Crippen LogP contribution in [0.15, 0.2) is 24.3 Å². The van der Waals surface area contributed by atoms with Gasteiger partial charge in [-0.05, 0) is 22.6 Å². The van der Waals surface area contributed by atoms with E-state index >= 15 is 0 Å². The van der Waals surface area contributed by atoms with Gasteiger partial charge in [0.2, 0.25) is 5.91 Å². The maximum atomic E-state index is 12.1. The first kappa shape index (κ1) is 14.6. The van der Waals surface area contributed by atoms with E-state index in [0.717, 1.165) is 12.1 Å². The van der Waals surface area contributed by atoms with Crippen molar-refractivity contribution in [1.82, 2.24) is 25.5 Å². The highest BCUT2D eigenvalue weighted by Gasteiger charge is 2.17. The maximum Gasteiger partial charge on any atom is 0.227 e. The molecule has 1 aliphatic heterocycles. The minimum atomic E-state index is -0.0696. The first-order valence-electron chi connectivity index (χ1n) is 7.17.